The van der Waals surface area contributed by atoms with E-state index in [9.17, 15) is 30.3 Å². The second-order valence-corrected chi connectivity index (χ2v) is 13.4. The summed E-state index contributed by atoms with van der Waals surface area (Å²) in [4.78, 5) is 12.8. The molecule has 0 radical (unpaired) electrons. The molecule has 0 aromatic heterocycles. The Labute approximate surface area is 280 Å². The summed E-state index contributed by atoms with van der Waals surface area (Å²) in [6.07, 6.45) is 22.2. The number of rotatable bonds is 30. The minimum atomic E-state index is -1.55. The number of ether oxygens (including phenoxy) is 2. The Balaban J connectivity index is 2.45. The first-order valence-electron chi connectivity index (χ1n) is 18.9. The van der Waals surface area contributed by atoms with Gasteiger partial charge in [0.2, 0.25) is 5.91 Å². The second-order valence-electron chi connectivity index (χ2n) is 13.4. The van der Waals surface area contributed by atoms with Crippen LogP contribution in [-0.2, 0) is 14.3 Å². The highest BCUT2D eigenvalue weighted by molar-refractivity contribution is 5.76. The van der Waals surface area contributed by atoms with E-state index >= 15 is 0 Å². The Bertz CT molecular complexity index is 736. The van der Waals surface area contributed by atoms with Crippen LogP contribution in [-0.4, -0.2) is 87.5 Å². The van der Waals surface area contributed by atoms with Gasteiger partial charge in [0.1, 0.15) is 24.4 Å². The highest BCUT2D eigenvalue weighted by Gasteiger charge is 2.44. The van der Waals surface area contributed by atoms with Crippen molar-refractivity contribution >= 4 is 5.91 Å². The summed E-state index contributed by atoms with van der Waals surface area (Å²) < 4.78 is 11.2. The number of aliphatic hydroxyl groups excluding tert-OH is 5. The van der Waals surface area contributed by atoms with Gasteiger partial charge in [0.15, 0.2) is 6.29 Å². The van der Waals surface area contributed by atoms with E-state index in [0.29, 0.717) is 12.8 Å². The van der Waals surface area contributed by atoms with Gasteiger partial charge in [-0.3, -0.25) is 4.79 Å². The number of carbonyl (C=O) groups is 1. The molecule has 1 aliphatic heterocycles. The maximum atomic E-state index is 12.8. The Morgan fingerprint density at radius 1 is 0.717 bits per heavy atom. The topological polar surface area (TPSA) is 149 Å². The SMILES string of the molecule is CCCC/C=C\CCCCCCCC(=O)NC(COC1OC(CO)C(O)C(O)C1O)C(O)CCCCCCCCCCCCCC. The summed E-state index contributed by atoms with van der Waals surface area (Å²) in [6.45, 7) is 3.75. The molecule has 1 amide bonds. The Kier molecular flexibility index (Phi) is 27.0. The normalized spacial score (nSPS) is 23.2. The highest BCUT2D eigenvalue weighted by atomic mass is 16.7. The third kappa shape index (κ3) is 20.3. The molecular formula is C37H71NO8. The predicted molar refractivity (Wildman–Crippen MR) is 184 cm³/mol. The zero-order valence-electron chi connectivity index (χ0n) is 29.3. The fraction of sp³-hybridized carbons (Fsp3) is 0.919. The Hall–Kier alpha value is -1.07. The number of allylic oxidation sites excluding steroid dienone is 2. The van der Waals surface area contributed by atoms with Crippen molar-refractivity contribution in [1.29, 1.82) is 0 Å². The average Bonchev–Trinajstić information content (AvgIpc) is 3.05. The molecule has 46 heavy (non-hydrogen) atoms. The smallest absolute Gasteiger partial charge is 0.220 e. The van der Waals surface area contributed by atoms with Gasteiger partial charge >= 0.3 is 0 Å². The summed E-state index contributed by atoms with van der Waals surface area (Å²) in [5.74, 6) is -0.157. The molecule has 9 heteroatoms. The van der Waals surface area contributed by atoms with Crippen molar-refractivity contribution in [1.82, 2.24) is 5.32 Å². The third-order valence-corrected chi connectivity index (χ3v) is 9.12. The number of aliphatic hydroxyl groups is 5. The molecule has 272 valence electrons. The Morgan fingerprint density at radius 2 is 1.24 bits per heavy atom. The first kappa shape index (κ1) is 43.0. The largest absolute Gasteiger partial charge is 0.394 e. The van der Waals surface area contributed by atoms with Crippen molar-refractivity contribution in [2.45, 2.75) is 204 Å². The van der Waals surface area contributed by atoms with Crippen LogP contribution in [0.5, 0.6) is 0 Å². The van der Waals surface area contributed by atoms with Crippen molar-refractivity contribution in [3.63, 3.8) is 0 Å². The standard InChI is InChI=1S/C37H71NO8/c1-3-5-7-9-11-13-15-17-18-20-22-24-26-31(40)30(29-45-37-36(44)35(43)34(42)32(28-39)46-37)38-33(41)27-25-23-21-19-16-14-12-10-8-6-4-2/h10,12,30-32,34-37,39-40,42-44H,3-9,11,13-29H2,1-2H3,(H,38,41)/b12-10-. The minimum absolute atomic E-state index is 0.139. The van der Waals surface area contributed by atoms with E-state index < -0.39 is 49.5 Å². The molecule has 0 spiro atoms. The molecule has 6 N–H and O–H groups in total. The van der Waals surface area contributed by atoms with Crippen LogP contribution >= 0.6 is 0 Å². The van der Waals surface area contributed by atoms with E-state index in [1.807, 2.05) is 0 Å². The summed E-state index contributed by atoms with van der Waals surface area (Å²) in [6, 6.07) is -0.716. The molecule has 0 saturated carbocycles. The maximum absolute atomic E-state index is 12.8. The lowest BCUT2D eigenvalue weighted by atomic mass is 9.99. The summed E-state index contributed by atoms with van der Waals surface area (Å²) in [5.41, 5.74) is 0. The molecule has 0 aromatic rings. The highest BCUT2D eigenvalue weighted by Crippen LogP contribution is 2.23. The number of hydrogen-bond donors (Lipinski definition) is 6. The molecule has 1 saturated heterocycles. The van der Waals surface area contributed by atoms with Gasteiger partial charge < -0.3 is 40.3 Å². The van der Waals surface area contributed by atoms with Gasteiger partial charge in [-0.2, -0.15) is 0 Å². The summed E-state index contributed by atoms with van der Waals surface area (Å²) in [5, 5.41) is 53.9. The lowest BCUT2D eigenvalue weighted by Crippen LogP contribution is -2.60. The van der Waals surface area contributed by atoms with Gasteiger partial charge in [-0.15, -0.1) is 0 Å². The van der Waals surface area contributed by atoms with Crippen molar-refractivity contribution < 1.29 is 39.8 Å². The number of hydrogen-bond acceptors (Lipinski definition) is 8. The molecule has 0 aromatic carbocycles. The fourth-order valence-corrected chi connectivity index (χ4v) is 5.96. The van der Waals surface area contributed by atoms with Crippen LogP contribution in [0.2, 0.25) is 0 Å². The van der Waals surface area contributed by atoms with E-state index in [4.69, 9.17) is 9.47 Å². The first-order valence-corrected chi connectivity index (χ1v) is 18.9. The van der Waals surface area contributed by atoms with Crippen LogP contribution in [0.4, 0.5) is 0 Å². The molecule has 1 fully saturated rings. The van der Waals surface area contributed by atoms with Gasteiger partial charge in [0.25, 0.3) is 0 Å². The van der Waals surface area contributed by atoms with E-state index in [1.165, 1.54) is 70.6 Å². The molecular weight excluding hydrogens is 586 g/mol. The van der Waals surface area contributed by atoms with Crippen LogP contribution in [0, 0.1) is 0 Å². The van der Waals surface area contributed by atoms with Gasteiger partial charge in [0.05, 0.1) is 25.4 Å². The number of nitrogens with one attached hydrogen (secondary N) is 1. The van der Waals surface area contributed by atoms with Crippen molar-refractivity contribution in [3.05, 3.63) is 12.2 Å². The minimum Gasteiger partial charge on any atom is -0.394 e. The zero-order chi connectivity index (χ0) is 33.8. The third-order valence-electron chi connectivity index (χ3n) is 9.12. The number of amides is 1. The monoisotopic (exact) mass is 658 g/mol. The van der Waals surface area contributed by atoms with Gasteiger partial charge in [-0.25, -0.2) is 0 Å². The van der Waals surface area contributed by atoms with Crippen molar-refractivity contribution in [2.24, 2.45) is 0 Å². The van der Waals surface area contributed by atoms with E-state index in [0.717, 1.165) is 64.2 Å². The lowest BCUT2D eigenvalue weighted by molar-refractivity contribution is -0.302. The number of unbranched alkanes of at least 4 members (excludes halogenated alkanes) is 18. The quantitative estimate of drug-likeness (QED) is 0.0394. The summed E-state index contributed by atoms with van der Waals surface area (Å²) in [7, 11) is 0. The zero-order valence-corrected chi connectivity index (χ0v) is 29.3. The molecule has 1 rings (SSSR count). The molecule has 0 aliphatic carbocycles. The van der Waals surface area contributed by atoms with Crippen LogP contribution in [0.3, 0.4) is 0 Å². The van der Waals surface area contributed by atoms with Gasteiger partial charge in [-0.1, -0.05) is 135 Å². The molecule has 9 nitrogen and oxygen atoms in total. The van der Waals surface area contributed by atoms with Crippen LogP contribution < -0.4 is 5.32 Å². The van der Waals surface area contributed by atoms with Crippen LogP contribution in [0.25, 0.3) is 0 Å². The summed E-state index contributed by atoms with van der Waals surface area (Å²) >= 11 is 0. The second kappa shape index (κ2) is 28.9. The molecule has 1 heterocycles. The van der Waals surface area contributed by atoms with Crippen molar-refractivity contribution in [3.8, 4) is 0 Å². The van der Waals surface area contributed by atoms with Gasteiger partial charge in [0, 0.05) is 6.42 Å². The lowest BCUT2D eigenvalue weighted by Gasteiger charge is -2.40. The van der Waals surface area contributed by atoms with Crippen molar-refractivity contribution in [2.75, 3.05) is 13.2 Å². The molecule has 7 unspecified atom stereocenters. The molecule has 0 bridgehead atoms. The average molecular weight is 658 g/mol. The molecule has 1 aliphatic rings. The molecule has 7 atom stereocenters. The van der Waals surface area contributed by atoms with E-state index in [2.05, 4.69) is 31.3 Å². The Morgan fingerprint density at radius 3 is 1.83 bits per heavy atom. The van der Waals surface area contributed by atoms with E-state index in [1.54, 1.807) is 0 Å². The van der Waals surface area contributed by atoms with Crippen LogP contribution in [0.1, 0.15) is 162 Å². The van der Waals surface area contributed by atoms with Crippen LogP contribution in [0.15, 0.2) is 12.2 Å². The predicted octanol–water partition coefficient (Wildman–Crippen LogP) is 6.22. The van der Waals surface area contributed by atoms with E-state index in [-0.39, 0.29) is 12.5 Å². The van der Waals surface area contributed by atoms with Gasteiger partial charge in [-0.05, 0) is 32.1 Å². The fourth-order valence-electron chi connectivity index (χ4n) is 5.96. The number of carbonyl (C=O) groups excluding carboxylic acids is 1. The maximum Gasteiger partial charge on any atom is 0.220 e. The first-order chi connectivity index (χ1) is 22.3.